The molecule has 2 aliphatic rings. The zero-order chi connectivity index (χ0) is 11.8. The highest BCUT2D eigenvalue weighted by molar-refractivity contribution is 9.10. The molecular weight excluding hydrogens is 280 g/mol. The Morgan fingerprint density at radius 2 is 2.47 bits per heavy atom. The predicted octanol–water partition coefficient (Wildman–Crippen LogP) is 2.80. The Balaban J connectivity index is 2.04. The lowest BCUT2D eigenvalue weighted by Crippen LogP contribution is -2.42. The highest BCUT2D eigenvalue weighted by atomic mass is 79.9. The number of fused-ring (bicyclic) bond motifs is 3. The fourth-order valence-corrected chi connectivity index (χ4v) is 3.37. The summed E-state index contributed by atoms with van der Waals surface area (Å²) in [4.78, 5) is 6.97. The number of hydrogen-bond donors (Lipinski definition) is 0. The van der Waals surface area contributed by atoms with Crippen LogP contribution in [0.15, 0.2) is 16.7 Å². The summed E-state index contributed by atoms with van der Waals surface area (Å²) >= 11 is 3.54. The minimum absolute atomic E-state index is 0.631. The largest absolute Gasteiger partial charge is 0.381 e. The molecule has 17 heavy (non-hydrogen) atoms. The van der Waals surface area contributed by atoms with E-state index in [0.29, 0.717) is 11.8 Å². The number of aromatic nitrogens is 1. The maximum atomic E-state index is 5.62. The van der Waals surface area contributed by atoms with E-state index in [1.807, 2.05) is 6.20 Å². The number of nitrogens with zero attached hydrogens (tertiary/aromatic N) is 2. The van der Waals surface area contributed by atoms with Crippen molar-refractivity contribution in [2.45, 2.75) is 19.3 Å². The van der Waals surface area contributed by atoms with Gasteiger partial charge in [-0.05, 0) is 46.8 Å². The molecule has 0 radical (unpaired) electrons. The van der Waals surface area contributed by atoms with Crippen molar-refractivity contribution in [3.63, 3.8) is 0 Å². The van der Waals surface area contributed by atoms with E-state index in [-0.39, 0.29) is 0 Å². The molecule has 2 atom stereocenters. The van der Waals surface area contributed by atoms with Gasteiger partial charge in [0.25, 0.3) is 0 Å². The summed E-state index contributed by atoms with van der Waals surface area (Å²) in [7, 11) is 0. The van der Waals surface area contributed by atoms with E-state index in [9.17, 15) is 0 Å². The van der Waals surface area contributed by atoms with Crippen molar-refractivity contribution >= 4 is 21.7 Å². The summed E-state index contributed by atoms with van der Waals surface area (Å²) in [6.45, 7) is 6.08. The van der Waals surface area contributed by atoms with Crippen molar-refractivity contribution < 1.29 is 4.74 Å². The van der Waals surface area contributed by atoms with E-state index in [0.717, 1.165) is 37.2 Å². The molecule has 0 aliphatic carbocycles. The molecule has 3 rings (SSSR count). The van der Waals surface area contributed by atoms with Crippen LogP contribution in [0.1, 0.15) is 24.8 Å². The monoisotopic (exact) mass is 296 g/mol. The van der Waals surface area contributed by atoms with Crippen molar-refractivity contribution in [2.24, 2.45) is 5.92 Å². The SMILES string of the molecule is CCN1C[C@@H]2COCC[C@H]2c2cc(Br)cnc21. The zero-order valence-electron chi connectivity index (χ0n) is 10.0. The second-order valence-corrected chi connectivity index (χ2v) is 5.75. The Morgan fingerprint density at radius 1 is 1.59 bits per heavy atom. The molecule has 1 fully saturated rings. The number of rotatable bonds is 1. The highest BCUT2D eigenvalue weighted by Crippen LogP contribution is 2.42. The summed E-state index contributed by atoms with van der Waals surface area (Å²) in [5.74, 6) is 2.44. The maximum absolute atomic E-state index is 5.62. The van der Waals surface area contributed by atoms with Crippen molar-refractivity contribution in [3.8, 4) is 0 Å². The summed E-state index contributed by atoms with van der Waals surface area (Å²) in [5.41, 5.74) is 1.40. The quantitative estimate of drug-likeness (QED) is 0.797. The molecule has 1 aromatic heterocycles. The molecule has 0 spiro atoms. The van der Waals surface area contributed by atoms with Gasteiger partial charge in [0.2, 0.25) is 0 Å². The molecule has 0 saturated carbocycles. The lowest BCUT2D eigenvalue weighted by molar-refractivity contribution is 0.0401. The van der Waals surface area contributed by atoms with Crippen LogP contribution in [0.4, 0.5) is 5.82 Å². The number of halogens is 1. The Morgan fingerprint density at radius 3 is 3.29 bits per heavy atom. The molecule has 1 saturated heterocycles. The van der Waals surface area contributed by atoms with Crippen molar-refractivity contribution in [1.82, 2.24) is 4.98 Å². The topological polar surface area (TPSA) is 25.4 Å². The van der Waals surface area contributed by atoms with Crippen LogP contribution < -0.4 is 4.90 Å². The molecule has 0 amide bonds. The molecule has 2 aliphatic heterocycles. The molecule has 0 N–H and O–H groups in total. The zero-order valence-corrected chi connectivity index (χ0v) is 11.6. The van der Waals surface area contributed by atoms with Crippen LogP contribution in [0.3, 0.4) is 0 Å². The van der Waals surface area contributed by atoms with Crippen LogP contribution in [0.2, 0.25) is 0 Å². The van der Waals surface area contributed by atoms with Gasteiger partial charge in [-0.25, -0.2) is 4.98 Å². The van der Waals surface area contributed by atoms with Gasteiger partial charge in [0.1, 0.15) is 5.82 Å². The van der Waals surface area contributed by atoms with Crippen LogP contribution >= 0.6 is 15.9 Å². The summed E-state index contributed by atoms with van der Waals surface area (Å²) in [6, 6.07) is 2.24. The highest BCUT2D eigenvalue weighted by Gasteiger charge is 2.35. The van der Waals surface area contributed by atoms with E-state index in [2.05, 4.69) is 38.8 Å². The van der Waals surface area contributed by atoms with Gasteiger partial charge in [-0.2, -0.15) is 0 Å². The first-order valence-electron chi connectivity index (χ1n) is 6.27. The van der Waals surface area contributed by atoms with Crippen LogP contribution in [0.25, 0.3) is 0 Å². The molecule has 3 heterocycles. The number of hydrogen-bond acceptors (Lipinski definition) is 3. The summed E-state index contributed by atoms with van der Waals surface area (Å²) in [6.07, 6.45) is 3.04. The fourth-order valence-electron chi connectivity index (χ4n) is 3.02. The summed E-state index contributed by atoms with van der Waals surface area (Å²) in [5, 5.41) is 0. The third-order valence-electron chi connectivity index (χ3n) is 3.87. The first-order valence-corrected chi connectivity index (χ1v) is 7.07. The van der Waals surface area contributed by atoms with Crippen molar-refractivity contribution in [3.05, 3.63) is 22.3 Å². The fraction of sp³-hybridized carbons (Fsp3) is 0.615. The standard InChI is InChI=1S/C13H17BrN2O/c1-2-16-7-9-8-17-4-3-11(9)12-5-10(14)6-15-13(12)16/h5-6,9,11H,2-4,7-8H2,1H3/t9-,11-/m1/s1. The van der Waals surface area contributed by atoms with Crippen molar-refractivity contribution in [2.75, 3.05) is 31.2 Å². The van der Waals surface area contributed by atoms with E-state index < -0.39 is 0 Å². The Bertz CT molecular complexity index is 424. The number of pyridine rings is 1. The van der Waals surface area contributed by atoms with Crippen LogP contribution in [-0.4, -0.2) is 31.3 Å². The number of anilines is 1. The molecule has 0 aromatic carbocycles. The minimum atomic E-state index is 0.631. The smallest absolute Gasteiger partial charge is 0.132 e. The van der Waals surface area contributed by atoms with E-state index in [1.54, 1.807) is 0 Å². The number of ether oxygens (including phenoxy) is 1. The summed E-state index contributed by atoms with van der Waals surface area (Å²) < 4.78 is 6.70. The first kappa shape index (κ1) is 11.5. The molecule has 0 bridgehead atoms. The Labute approximate surface area is 110 Å². The Hall–Kier alpha value is -0.610. The van der Waals surface area contributed by atoms with Crippen molar-refractivity contribution in [1.29, 1.82) is 0 Å². The van der Waals surface area contributed by atoms with E-state index in [4.69, 9.17) is 4.74 Å². The average Bonchev–Trinajstić information content (AvgIpc) is 2.37. The predicted molar refractivity (Wildman–Crippen MR) is 71.5 cm³/mol. The Kier molecular flexibility index (Phi) is 3.09. The van der Waals surface area contributed by atoms with Gasteiger partial charge in [0, 0.05) is 36.3 Å². The second kappa shape index (κ2) is 4.58. The molecule has 3 nitrogen and oxygen atoms in total. The third kappa shape index (κ3) is 1.97. The lowest BCUT2D eigenvalue weighted by Gasteiger charge is -2.42. The molecule has 1 aromatic rings. The van der Waals surface area contributed by atoms with Gasteiger partial charge in [-0.1, -0.05) is 0 Å². The van der Waals surface area contributed by atoms with Crippen LogP contribution in [0.5, 0.6) is 0 Å². The van der Waals surface area contributed by atoms with Gasteiger partial charge < -0.3 is 9.64 Å². The minimum Gasteiger partial charge on any atom is -0.381 e. The molecule has 4 heteroatoms. The average molecular weight is 297 g/mol. The van der Waals surface area contributed by atoms with E-state index >= 15 is 0 Å². The van der Waals surface area contributed by atoms with Crippen LogP contribution in [-0.2, 0) is 4.74 Å². The molecule has 92 valence electrons. The van der Waals surface area contributed by atoms with Crippen LogP contribution in [0, 0.1) is 5.92 Å². The van der Waals surface area contributed by atoms with Gasteiger partial charge in [0.05, 0.1) is 6.61 Å². The van der Waals surface area contributed by atoms with E-state index in [1.165, 1.54) is 11.4 Å². The third-order valence-corrected chi connectivity index (χ3v) is 4.31. The van der Waals surface area contributed by atoms with Gasteiger partial charge in [-0.15, -0.1) is 0 Å². The second-order valence-electron chi connectivity index (χ2n) is 4.84. The van der Waals surface area contributed by atoms with Gasteiger partial charge in [0.15, 0.2) is 0 Å². The molecule has 0 unspecified atom stereocenters. The maximum Gasteiger partial charge on any atom is 0.132 e. The molecular formula is C13H17BrN2O. The first-order chi connectivity index (χ1) is 8.29. The normalized spacial score (nSPS) is 27.5. The van der Waals surface area contributed by atoms with Gasteiger partial charge >= 0.3 is 0 Å². The lowest BCUT2D eigenvalue weighted by atomic mass is 9.80. The van der Waals surface area contributed by atoms with Gasteiger partial charge in [-0.3, -0.25) is 0 Å².